The molecule has 2 aliphatic rings. The Balaban J connectivity index is 2.35. The van der Waals surface area contributed by atoms with E-state index in [4.69, 9.17) is 5.26 Å². The van der Waals surface area contributed by atoms with E-state index in [0.717, 1.165) is 19.3 Å². The molecule has 4 heteroatoms. The third kappa shape index (κ3) is 1.27. The Bertz CT molecular complexity index is 363. The molecule has 1 saturated heterocycles. The highest BCUT2D eigenvalue weighted by Crippen LogP contribution is 2.42. The molecule has 0 N–H and O–H groups in total. The number of rotatable bonds is 2. The van der Waals surface area contributed by atoms with Gasteiger partial charge < -0.3 is 0 Å². The lowest BCUT2D eigenvalue weighted by molar-refractivity contribution is -0.145. The normalized spacial score (nSPS) is 32.4. The zero-order chi connectivity index (χ0) is 11.9. The van der Waals surface area contributed by atoms with E-state index in [0.29, 0.717) is 6.42 Å². The highest BCUT2D eigenvalue weighted by molar-refractivity contribution is 6.06. The Morgan fingerprint density at radius 1 is 1.38 bits per heavy atom. The van der Waals surface area contributed by atoms with Crippen LogP contribution in [-0.2, 0) is 9.59 Å². The summed E-state index contributed by atoms with van der Waals surface area (Å²) in [6.45, 7) is 3.50. The van der Waals surface area contributed by atoms with Crippen LogP contribution >= 0.6 is 0 Å². The van der Waals surface area contributed by atoms with Crippen molar-refractivity contribution in [3.05, 3.63) is 0 Å². The van der Waals surface area contributed by atoms with Gasteiger partial charge in [0.25, 0.3) is 0 Å². The predicted octanol–water partition coefficient (Wildman–Crippen LogP) is 1.46. The van der Waals surface area contributed by atoms with Crippen LogP contribution in [0, 0.1) is 23.2 Å². The first-order valence-corrected chi connectivity index (χ1v) is 5.84. The number of imide groups is 1. The molecule has 1 aliphatic carbocycles. The second-order valence-electron chi connectivity index (χ2n) is 4.89. The van der Waals surface area contributed by atoms with Gasteiger partial charge in [-0.2, -0.15) is 5.26 Å². The Hall–Kier alpha value is -1.37. The monoisotopic (exact) mass is 220 g/mol. The zero-order valence-corrected chi connectivity index (χ0v) is 9.69. The van der Waals surface area contributed by atoms with Gasteiger partial charge >= 0.3 is 0 Å². The van der Waals surface area contributed by atoms with Crippen LogP contribution in [0.25, 0.3) is 0 Å². The summed E-state index contributed by atoms with van der Waals surface area (Å²) in [4.78, 5) is 25.5. The molecule has 0 bridgehead atoms. The molecule has 2 fully saturated rings. The number of fused-ring (bicyclic) bond motifs is 1. The Labute approximate surface area is 95.2 Å². The molecule has 3 unspecified atom stereocenters. The van der Waals surface area contributed by atoms with E-state index in [1.165, 1.54) is 4.90 Å². The van der Waals surface area contributed by atoms with E-state index in [2.05, 4.69) is 6.07 Å². The van der Waals surface area contributed by atoms with Gasteiger partial charge in [0.1, 0.15) is 5.54 Å². The topological polar surface area (TPSA) is 61.2 Å². The summed E-state index contributed by atoms with van der Waals surface area (Å²) in [5.41, 5.74) is -0.960. The van der Waals surface area contributed by atoms with Crippen molar-refractivity contribution in [2.24, 2.45) is 11.8 Å². The lowest BCUT2D eigenvalue weighted by atomic mass is 9.98. The van der Waals surface area contributed by atoms with Crippen LogP contribution in [0.3, 0.4) is 0 Å². The molecule has 1 saturated carbocycles. The van der Waals surface area contributed by atoms with Crippen LogP contribution in [0.4, 0.5) is 0 Å². The second kappa shape index (κ2) is 3.58. The maximum Gasteiger partial charge on any atom is 0.234 e. The summed E-state index contributed by atoms with van der Waals surface area (Å²) in [6.07, 6.45) is 3.05. The average molecular weight is 220 g/mol. The molecule has 0 aromatic carbocycles. The number of nitrogens with zero attached hydrogens (tertiary/aromatic N) is 2. The molecular formula is C12H16N2O2. The Morgan fingerprint density at radius 2 is 1.88 bits per heavy atom. The molecule has 0 aromatic rings. The van der Waals surface area contributed by atoms with Gasteiger partial charge in [-0.1, -0.05) is 13.3 Å². The van der Waals surface area contributed by atoms with Crippen LogP contribution in [0.2, 0.25) is 0 Å². The summed E-state index contributed by atoms with van der Waals surface area (Å²) in [5, 5.41) is 9.15. The van der Waals surface area contributed by atoms with Gasteiger partial charge in [0.2, 0.25) is 11.8 Å². The smallest absolute Gasteiger partial charge is 0.234 e. The maximum atomic E-state index is 12.1. The van der Waals surface area contributed by atoms with Gasteiger partial charge in [0.05, 0.1) is 17.9 Å². The van der Waals surface area contributed by atoms with E-state index >= 15 is 0 Å². The van der Waals surface area contributed by atoms with Crippen molar-refractivity contribution in [1.29, 1.82) is 5.26 Å². The highest BCUT2D eigenvalue weighted by atomic mass is 16.2. The van der Waals surface area contributed by atoms with Gasteiger partial charge in [-0.15, -0.1) is 0 Å². The largest absolute Gasteiger partial charge is 0.274 e. The molecule has 0 aromatic heterocycles. The molecule has 86 valence electrons. The molecule has 16 heavy (non-hydrogen) atoms. The van der Waals surface area contributed by atoms with Crippen molar-refractivity contribution in [3.8, 4) is 6.07 Å². The van der Waals surface area contributed by atoms with Gasteiger partial charge in [-0.25, -0.2) is 0 Å². The first-order valence-electron chi connectivity index (χ1n) is 5.84. The minimum absolute atomic E-state index is 0.126. The van der Waals surface area contributed by atoms with E-state index in [9.17, 15) is 9.59 Å². The van der Waals surface area contributed by atoms with E-state index in [1.54, 1.807) is 6.92 Å². The van der Waals surface area contributed by atoms with Gasteiger partial charge in [-0.05, 0) is 26.2 Å². The summed E-state index contributed by atoms with van der Waals surface area (Å²) < 4.78 is 0. The first-order chi connectivity index (χ1) is 7.55. The average Bonchev–Trinajstić information content (AvgIpc) is 2.84. The molecule has 0 radical (unpaired) electrons. The zero-order valence-electron chi connectivity index (χ0n) is 9.69. The fourth-order valence-corrected chi connectivity index (χ4v) is 2.77. The standard InChI is InChI=1S/C12H16N2O2/c1-3-12(2,7-13)14-10(15)8-5-4-6-9(8)11(14)16/h8-9H,3-6H2,1-2H3. The molecule has 3 atom stereocenters. The summed E-state index contributed by atoms with van der Waals surface area (Å²) >= 11 is 0. The van der Waals surface area contributed by atoms with E-state index in [-0.39, 0.29) is 23.7 Å². The van der Waals surface area contributed by atoms with Gasteiger partial charge in [-0.3, -0.25) is 14.5 Å². The second-order valence-corrected chi connectivity index (χ2v) is 4.89. The third-order valence-electron chi connectivity index (χ3n) is 4.01. The van der Waals surface area contributed by atoms with Crippen LogP contribution in [-0.4, -0.2) is 22.3 Å². The fourth-order valence-electron chi connectivity index (χ4n) is 2.77. The molecular weight excluding hydrogens is 204 g/mol. The summed E-state index contributed by atoms with van der Waals surface area (Å²) in [5.74, 6) is -0.546. The SMILES string of the molecule is CCC(C)(C#N)N1C(=O)C2CCCC2C1=O. The van der Waals surface area contributed by atoms with Gasteiger partial charge in [0, 0.05) is 0 Å². The number of nitriles is 1. The van der Waals surface area contributed by atoms with Crippen LogP contribution in [0.15, 0.2) is 0 Å². The molecule has 0 spiro atoms. The number of carbonyl (C=O) groups excluding carboxylic acids is 2. The summed E-state index contributed by atoms with van der Waals surface area (Å²) in [7, 11) is 0. The van der Waals surface area contributed by atoms with Crippen molar-refractivity contribution in [2.45, 2.75) is 45.1 Å². The highest BCUT2D eigenvalue weighted by Gasteiger charge is 2.54. The Kier molecular flexibility index (Phi) is 2.49. The maximum absolute atomic E-state index is 12.1. The Morgan fingerprint density at radius 3 is 2.25 bits per heavy atom. The molecule has 1 aliphatic heterocycles. The molecule has 1 heterocycles. The number of hydrogen-bond donors (Lipinski definition) is 0. The van der Waals surface area contributed by atoms with Crippen molar-refractivity contribution >= 4 is 11.8 Å². The number of likely N-dealkylation sites (tertiary alicyclic amines) is 1. The lowest BCUT2D eigenvalue weighted by Gasteiger charge is -2.30. The van der Waals surface area contributed by atoms with Crippen LogP contribution in [0.5, 0.6) is 0 Å². The minimum atomic E-state index is -0.960. The van der Waals surface area contributed by atoms with E-state index in [1.807, 2.05) is 6.92 Å². The molecule has 2 rings (SSSR count). The quantitative estimate of drug-likeness (QED) is 0.662. The minimum Gasteiger partial charge on any atom is -0.274 e. The number of amides is 2. The molecule has 2 amide bonds. The van der Waals surface area contributed by atoms with Crippen molar-refractivity contribution in [3.63, 3.8) is 0 Å². The van der Waals surface area contributed by atoms with Crippen LogP contribution in [0.1, 0.15) is 39.5 Å². The predicted molar refractivity (Wildman–Crippen MR) is 57.0 cm³/mol. The first kappa shape index (κ1) is 11.1. The number of carbonyl (C=O) groups is 2. The fraction of sp³-hybridized carbons (Fsp3) is 0.750. The van der Waals surface area contributed by atoms with E-state index < -0.39 is 5.54 Å². The van der Waals surface area contributed by atoms with Crippen molar-refractivity contribution < 1.29 is 9.59 Å². The summed E-state index contributed by atoms with van der Waals surface area (Å²) in [6, 6.07) is 2.10. The van der Waals surface area contributed by atoms with Crippen molar-refractivity contribution in [2.75, 3.05) is 0 Å². The lowest BCUT2D eigenvalue weighted by Crippen LogP contribution is -2.49. The van der Waals surface area contributed by atoms with Gasteiger partial charge in [0.15, 0.2) is 0 Å². The van der Waals surface area contributed by atoms with Crippen molar-refractivity contribution in [1.82, 2.24) is 4.90 Å². The molecule has 4 nitrogen and oxygen atoms in total. The van der Waals surface area contributed by atoms with Crippen LogP contribution < -0.4 is 0 Å². The third-order valence-corrected chi connectivity index (χ3v) is 4.01. The number of hydrogen-bond acceptors (Lipinski definition) is 3.